The van der Waals surface area contributed by atoms with E-state index < -0.39 is 6.10 Å². The minimum Gasteiger partial charge on any atom is -0.462 e. The lowest BCUT2D eigenvalue weighted by molar-refractivity contribution is -0.161. The Morgan fingerprint density at radius 1 is 0.407 bits per heavy atom. The molecule has 0 aliphatic rings. The van der Waals surface area contributed by atoms with Crippen molar-refractivity contribution >= 4 is 11.9 Å². The van der Waals surface area contributed by atoms with Crippen LogP contribution in [-0.4, -0.2) is 36.4 Å². The molecular weight excluding hydrogens is 729 g/mol. The Kier molecular flexibility index (Phi) is 48.4. The third-order valence-corrected chi connectivity index (χ3v) is 11.4. The molecule has 0 aromatic rings. The minimum atomic E-state index is -0.767. The monoisotopic (exact) mass is 827 g/mol. The van der Waals surface area contributed by atoms with E-state index in [-0.39, 0.29) is 25.2 Å². The van der Waals surface area contributed by atoms with Crippen molar-refractivity contribution in [2.24, 2.45) is 0 Å². The first-order chi connectivity index (χ1) is 29.1. The van der Waals surface area contributed by atoms with Gasteiger partial charge in [0.1, 0.15) is 6.61 Å². The quantitative estimate of drug-likeness (QED) is 0.0376. The summed E-state index contributed by atoms with van der Waals surface area (Å²) in [5, 5.41) is 9.60. The topological polar surface area (TPSA) is 72.8 Å². The van der Waals surface area contributed by atoms with Gasteiger partial charge in [-0.25, -0.2) is 0 Å². The molecule has 1 N–H and O–H groups in total. The lowest BCUT2D eigenvalue weighted by Gasteiger charge is -2.15. The molecule has 344 valence electrons. The average molecular weight is 827 g/mol. The van der Waals surface area contributed by atoms with Crippen molar-refractivity contribution < 1.29 is 24.2 Å². The number of aliphatic hydroxyl groups is 1. The third-order valence-electron chi connectivity index (χ3n) is 11.4. The SMILES string of the molecule is CC/C=C\C/C=C\C/C=C\C/C=C\CCCCCCCCCCCCCCCCCCCCCCC(=O)OC(CO)COC(=O)CCCCCCCCCCCCCC. The summed E-state index contributed by atoms with van der Waals surface area (Å²) < 4.78 is 10.7. The fraction of sp³-hybridized carbons (Fsp3) is 0.815. The average Bonchev–Trinajstić information content (AvgIpc) is 3.24. The number of allylic oxidation sites excluding steroid dienone is 8. The number of aliphatic hydroxyl groups excluding tert-OH is 1. The summed E-state index contributed by atoms with van der Waals surface area (Å²) in [6.45, 7) is 4.04. The van der Waals surface area contributed by atoms with Gasteiger partial charge < -0.3 is 14.6 Å². The van der Waals surface area contributed by atoms with Gasteiger partial charge in [0.15, 0.2) is 6.10 Å². The highest BCUT2D eigenvalue weighted by atomic mass is 16.6. The predicted octanol–water partition coefficient (Wildman–Crippen LogP) is 16.9. The van der Waals surface area contributed by atoms with Crippen LogP contribution in [0.15, 0.2) is 48.6 Å². The van der Waals surface area contributed by atoms with Crippen LogP contribution in [0.5, 0.6) is 0 Å². The van der Waals surface area contributed by atoms with E-state index in [1.54, 1.807) is 0 Å². The van der Waals surface area contributed by atoms with Gasteiger partial charge in [0.2, 0.25) is 0 Å². The molecule has 0 heterocycles. The second-order valence-corrected chi connectivity index (χ2v) is 17.2. The number of ether oxygens (including phenoxy) is 2. The standard InChI is InChI=1S/C54H98O5/c1-3-5-7-9-11-13-15-17-18-19-20-21-22-23-24-25-26-27-28-29-30-31-32-33-34-35-36-37-39-41-43-45-47-49-54(57)59-52(50-55)51-58-53(56)48-46-44-42-40-38-16-14-12-10-8-6-4-2/h5,7,11,13,17-18,20-21,52,55H,3-4,6,8-10,12,14-16,19,22-51H2,1-2H3/b7-5-,13-11-,18-17-,21-20-. The molecule has 0 spiro atoms. The van der Waals surface area contributed by atoms with E-state index in [4.69, 9.17) is 9.47 Å². The molecule has 1 atom stereocenters. The van der Waals surface area contributed by atoms with Crippen LogP contribution < -0.4 is 0 Å². The van der Waals surface area contributed by atoms with Crippen LogP contribution in [0.25, 0.3) is 0 Å². The molecular formula is C54H98O5. The van der Waals surface area contributed by atoms with E-state index in [1.807, 2.05) is 0 Å². The van der Waals surface area contributed by atoms with Crippen molar-refractivity contribution in [2.75, 3.05) is 13.2 Å². The smallest absolute Gasteiger partial charge is 0.306 e. The van der Waals surface area contributed by atoms with Crippen LogP contribution in [0.2, 0.25) is 0 Å². The number of carbonyl (C=O) groups excluding carboxylic acids is 2. The van der Waals surface area contributed by atoms with Crippen LogP contribution in [0.3, 0.4) is 0 Å². The molecule has 0 saturated heterocycles. The first-order valence-corrected chi connectivity index (χ1v) is 25.7. The highest BCUT2D eigenvalue weighted by molar-refractivity contribution is 5.70. The summed E-state index contributed by atoms with van der Waals surface area (Å²) in [6, 6.07) is 0. The van der Waals surface area contributed by atoms with Gasteiger partial charge in [-0.05, 0) is 51.4 Å². The minimum absolute atomic E-state index is 0.0606. The van der Waals surface area contributed by atoms with Crippen molar-refractivity contribution in [3.8, 4) is 0 Å². The highest BCUT2D eigenvalue weighted by Crippen LogP contribution is 2.17. The second-order valence-electron chi connectivity index (χ2n) is 17.2. The molecule has 0 saturated carbocycles. The maximum absolute atomic E-state index is 12.2. The van der Waals surface area contributed by atoms with Crippen molar-refractivity contribution in [3.05, 3.63) is 48.6 Å². The van der Waals surface area contributed by atoms with Gasteiger partial charge in [-0.3, -0.25) is 9.59 Å². The van der Waals surface area contributed by atoms with E-state index in [0.717, 1.165) is 64.2 Å². The van der Waals surface area contributed by atoms with Gasteiger partial charge in [0.05, 0.1) is 6.61 Å². The molecule has 0 bridgehead atoms. The van der Waals surface area contributed by atoms with E-state index in [1.165, 1.54) is 173 Å². The van der Waals surface area contributed by atoms with Gasteiger partial charge >= 0.3 is 11.9 Å². The fourth-order valence-corrected chi connectivity index (χ4v) is 7.55. The molecule has 0 aromatic carbocycles. The molecule has 0 aliphatic carbocycles. The van der Waals surface area contributed by atoms with Gasteiger partial charge in [0, 0.05) is 12.8 Å². The lowest BCUT2D eigenvalue weighted by Crippen LogP contribution is -2.28. The van der Waals surface area contributed by atoms with E-state index in [0.29, 0.717) is 12.8 Å². The molecule has 0 amide bonds. The largest absolute Gasteiger partial charge is 0.462 e. The van der Waals surface area contributed by atoms with Crippen LogP contribution in [0.4, 0.5) is 0 Å². The Morgan fingerprint density at radius 2 is 0.729 bits per heavy atom. The molecule has 1 unspecified atom stereocenters. The summed E-state index contributed by atoms with van der Waals surface area (Å²) in [7, 11) is 0. The van der Waals surface area contributed by atoms with Crippen molar-refractivity contribution in [3.63, 3.8) is 0 Å². The normalized spacial score (nSPS) is 12.5. The number of hydrogen-bond acceptors (Lipinski definition) is 5. The van der Waals surface area contributed by atoms with Crippen LogP contribution in [0, 0.1) is 0 Å². The Balaban J connectivity index is 3.41. The van der Waals surface area contributed by atoms with Gasteiger partial charge in [-0.2, -0.15) is 0 Å². The number of unbranched alkanes of at least 4 members (excludes halogenated alkanes) is 31. The maximum Gasteiger partial charge on any atom is 0.306 e. The zero-order valence-electron chi connectivity index (χ0n) is 39.3. The number of carbonyl (C=O) groups is 2. The summed E-state index contributed by atoms with van der Waals surface area (Å²) >= 11 is 0. The Bertz CT molecular complexity index is 981. The highest BCUT2D eigenvalue weighted by Gasteiger charge is 2.16. The zero-order chi connectivity index (χ0) is 42.8. The molecule has 0 fully saturated rings. The van der Waals surface area contributed by atoms with E-state index in [2.05, 4.69) is 62.5 Å². The molecule has 0 rings (SSSR count). The Labute approximate surface area is 367 Å². The van der Waals surface area contributed by atoms with Crippen molar-refractivity contribution in [2.45, 2.75) is 270 Å². The number of rotatable bonds is 47. The van der Waals surface area contributed by atoms with Gasteiger partial charge in [0.25, 0.3) is 0 Å². The van der Waals surface area contributed by atoms with Crippen LogP contribution in [0.1, 0.15) is 264 Å². The molecule has 0 aromatic heterocycles. The van der Waals surface area contributed by atoms with E-state index >= 15 is 0 Å². The van der Waals surface area contributed by atoms with Crippen LogP contribution in [-0.2, 0) is 19.1 Å². The summed E-state index contributed by atoms with van der Waals surface area (Å²) in [5.74, 6) is -0.578. The molecule has 0 aliphatic heterocycles. The van der Waals surface area contributed by atoms with Gasteiger partial charge in [-0.1, -0.05) is 249 Å². The Hall–Kier alpha value is -2.14. The Morgan fingerprint density at radius 3 is 1.10 bits per heavy atom. The lowest BCUT2D eigenvalue weighted by atomic mass is 10.0. The van der Waals surface area contributed by atoms with Gasteiger partial charge in [-0.15, -0.1) is 0 Å². The third kappa shape index (κ3) is 48.4. The number of esters is 2. The van der Waals surface area contributed by atoms with Crippen LogP contribution >= 0.6 is 0 Å². The summed E-state index contributed by atoms with van der Waals surface area (Å²) in [5.41, 5.74) is 0. The molecule has 0 radical (unpaired) electrons. The first kappa shape index (κ1) is 56.9. The maximum atomic E-state index is 12.2. The number of hydrogen-bond donors (Lipinski definition) is 1. The zero-order valence-corrected chi connectivity index (χ0v) is 39.3. The first-order valence-electron chi connectivity index (χ1n) is 25.7. The summed E-state index contributed by atoms with van der Waals surface area (Å²) in [6.07, 6.45) is 65.1. The fourth-order valence-electron chi connectivity index (χ4n) is 7.55. The van der Waals surface area contributed by atoms with E-state index in [9.17, 15) is 14.7 Å². The molecule has 59 heavy (non-hydrogen) atoms. The predicted molar refractivity (Wildman–Crippen MR) is 256 cm³/mol. The second kappa shape index (κ2) is 50.2. The van der Waals surface area contributed by atoms with Crippen molar-refractivity contribution in [1.29, 1.82) is 0 Å². The molecule has 5 nitrogen and oxygen atoms in total. The summed E-state index contributed by atoms with van der Waals surface area (Å²) in [4.78, 5) is 24.4. The van der Waals surface area contributed by atoms with Crippen molar-refractivity contribution in [1.82, 2.24) is 0 Å². The molecule has 5 heteroatoms.